The Balaban J connectivity index is 1.51. The molecule has 228 valence electrons. The van der Waals surface area contributed by atoms with Gasteiger partial charge in [0.25, 0.3) is 0 Å². The van der Waals surface area contributed by atoms with Crippen molar-refractivity contribution in [3.8, 4) is 23.0 Å². The van der Waals surface area contributed by atoms with Crippen LogP contribution in [0.25, 0.3) is 38.8 Å². The molecule has 3 aromatic heterocycles. The largest absolute Gasteiger partial charge is 0.465 e. The van der Waals surface area contributed by atoms with Gasteiger partial charge in [-0.1, -0.05) is 29.8 Å². The molecule has 4 atom stereocenters. The van der Waals surface area contributed by atoms with Crippen LogP contribution in [0.1, 0.15) is 54.6 Å². The molecule has 3 aliphatic heterocycles. The number of fused-ring (bicyclic) bond motifs is 4. The van der Waals surface area contributed by atoms with Crippen LogP contribution >= 0.6 is 11.6 Å². The van der Waals surface area contributed by atoms with Crippen LogP contribution in [0.2, 0.25) is 5.02 Å². The van der Waals surface area contributed by atoms with Crippen molar-refractivity contribution in [2.24, 2.45) is 5.92 Å². The molecule has 4 aliphatic rings. The Morgan fingerprint density at radius 1 is 1.29 bits per heavy atom. The van der Waals surface area contributed by atoms with Crippen LogP contribution in [0.3, 0.4) is 0 Å². The van der Waals surface area contributed by atoms with Crippen LogP contribution in [0, 0.1) is 30.0 Å². The second-order valence-corrected chi connectivity index (χ2v) is 12.7. The fraction of sp³-hybridized carbons (Fsp3) is 0.364. The molecule has 2 aromatic carbocycles. The fourth-order valence-corrected chi connectivity index (χ4v) is 8.09. The summed E-state index contributed by atoms with van der Waals surface area (Å²) in [6.07, 6.45) is 5.02. The summed E-state index contributed by atoms with van der Waals surface area (Å²) in [6.45, 7) is 3.21. The molecule has 12 heteroatoms. The first-order chi connectivity index (χ1) is 21.9. The van der Waals surface area contributed by atoms with Gasteiger partial charge in [-0.05, 0) is 61.8 Å². The molecule has 0 radical (unpaired) electrons. The van der Waals surface area contributed by atoms with Gasteiger partial charge in [0.05, 0.1) is 28.7 Å². The second-order valence-electron chi connectivity index (χ2n) is 12.3. The second kappa shape index (κ2) is 10.5. The van der Waals surface area contributed by atoms with Gasteiger partial charge >= 0.3 is 6.09 Å². The number of amides is 1. The van der Waals surface area contributed by atoms with Gasteiger partial charge in [0.15, 0.2) is 11.6 Å². The van der Waals surface area contributed by atoms with Crippen LogP contribution in [-0.4, -0.2) is 59.5 Å². The SMILES string of the molecule is Cc1cccc(-c2c(CCC#N)cc3c(nc(-n4cncn4)c4cc([C@H]5CCCN5C(=O)O)n([C@H]5[C@H]6CN[C@@H]5C6)c43)c2F)c1Cl. The van der Waals surface area contributed by atoms with Crippen molar-refractivity contribution < 1.29 is 14.3 Å². The smallest absolute Gasteiger partial charge is 0.407 e. The average Bonchev–Trinajstić information content (AvgIpc) is 3.86. The Hall–Kier alpha value is -4.53. The monoisotopic (exact) mass is 624 g/mol. The maximum Gasteiger partial charge on any atom is 0.407 e. The molecule has 2 N–H and O–H groups in total. The van der Waals surface area contributed by atoms with Crippen molar-refractivity contribution in [2.75, 3.05) is 13.1 Å². The number of nitriles is 1. The van der Waals surface area contributed by atoms with E-state index in [1.807, 2.05) is 31.2 Å². The number of pyridine rings is 1. The third kappa shape index (κ3) is 4.16. The lowest BCUT2D eigenvalue weighted by Crippen LogP contribution is -2.40. The molecule has 3 saturated heterocycles. The molecular weight excluding hydrogens is 595 g/mol. The molecule has 1 aliphatic carbocycles. The molecule has 2 bridgehead atoms. The zero-order valence-corrected chi connectivity index (χ0v) is 25.3. The Morgan fingerprint density at radius 2 is 2.16 bits per heavy atom. The summed E-state index contributed by atoms with van der Waals surface area (Å²) in [5.74, 6) is 0.267. The fourth-order valence-electron chi connectivity index (χ4n) is 7.87. The van der Waals surface area contributed by atoms with Gasteiger partial charge in [0.2, 0.25) is 0 Å². The van der Waals surface area contributed by atoms with E-state index in [4.69, 9.17) is 16.6 Å². The number of nitrogens with zero attached hydrogens (tertiary/aromatic N) is 7. The molecule has 45 heavy (non-hydrogen) atoms. The highest BCUT2D eigenvalue weighted by molar-refractivity contribution is 6.34. The predicted octanol–water partition coefficient (Wildman–Crippen LogP) is 6.34. The van der Waals surface area contributed by atoms with Crippen LogP contribution in [-0.2, 0) is 6.42 Å². The van der Waals surface area contributed by atoms with E-state index in [1.165, 1.54) is 22.2 Å². The first-order valence-electron chi connectivity index (χ1n) is 15.3. The minimum atomic E-state index is -0.951. The quantitative estimate of drug-likeness (QED) is 0.226. The number of nitrogens with one attached hydrogen (secondary N) is 1. The molecule has 4 fully saturated rings. The van der Waals surface area contributed by atoms with Gasteiger partial charge in [-0.15, -0.1) is 0 Å². The summed E-state index contributed by atoms with van der Waals surface area (Å²) >= 11 is 6.77. The van der Waals surface area contributed by atoms with Crippen molar-refractivity contribution in [3.63, 3.8) is 0 Å². The summed E-state index contributed by atoms with van der Waals surface area (Å²) in [7, 11) is 0. The summed E-state index contributed by atoms with van der Waals surface area (Å²) in [5.41, 5.74) is 4.20. The number of likely N-dealkylation sites (tertiary alicyclic amines) is 1. The molecule has 10 nitrogen and oxygen atoms in total. The number of hydrogen-bond donors (Lipinski definition) is 2. The first kappa shape index (κ1) is 28.0. The lowest BCUT2D eigenvalue weighted by atomic mass is 9.79. The standard InChI is InChI=1S/C33H30ClFN8O2/c1-17-5-2-7-20(27(17)34)26-18(6-3-9-36)11-21-29(28(26)35)40-32(42-16-37-15-39-42)22-13-25(24-8-4-10-41(24)33(44)45)43(31(21)22)30-19-12-23(30)38-14-19/h2,5,7,11,13,15-16,19,23-24,30,38H,3-4,6,8,10,12,14H2,1H3,(H,44,45)/t19-,23-,24-,30+/m1/s1. The van der Waals surface area contributed by atoms with Crippen LogP contribution < -0.4 is 5.32 Å². The normalized spacial score (nSPS) is 22.3. The Kier molecular flexibility index (Phi) is 6.55. The van der Waals surface area contributed by atoms with E-state index in [0.29, 0.717) is 58.2 Å². The molecule has 1 saturated carbocycles. The Bertz CT molecular complexity index is 2040. The highest BCUT2D eigenvalue weighted by atomic mass is 35.5. The topological polar surface area (TPSA) is 125 Å². The van der Waals surface area contributed by atoms with E-state index in [9.17, 15) is 15.2 Å². The van der Waals surface area contributed by atoms with Crippen molar-refractivity contribution in [1.29, 1.82) is 5.26 Å². The lowest BCUT2D eigenvalue weighted by molar-refractivity contribution is 0.136. The zero-order valence-electron chi connectivity index (χ0n) is 24.5. The van der Waals surface area contributed by atoms with Gasteiger partial charge in [-0.25, -0.2) is 23.8 Å². The predicted molar refractivity (Wildman–Crippen MR) is 167 cm³/mol. The number of hydrogen-bond acceptors (Lipinski definition) is 6. The van der Waals surface area contributed by atoms with E-state index in [-0.39, 0.29) is 30.1 Å². The minimum absolute atomic E-state index is 0.0828. The molecule has 9 rings (SSSR count). The Morgan fingerprint density at radius 3 is 2.87 bits per heavy atom. The number of halogens is 2. The number of carbonyl (C=O) groups is 1. The molecular formula is C33H30ClFN8O2. The number of aryl methyl sites for hydroxylation is 2. The minimum Gasteiger partial charge on any atom is -0.465 e. The molecule has 0 spiro atoms. The Labute approximate surface area is 263 Å². The van der Waals surface area contributed by atoms with Crippen molar-refractivity contribution in [3.05, 3.63) is 70.6 Å². The van der Waals surface area contributed by atoms with Gasteiger partial charge < -0.3 is 15.0 Å². The van der Waals surface area contributed by atoms with Crippen LogP contribution in [0.5, 0.6) is 0 Å². The molecule has 1 amide bonds. The third-order valence-electron chi connectivity index (χ3n) is 9.94. The number of rotatable bonds is 6. The summed E-state index contributed by atoms with van der Waals surface area (Å²) in [4.78, 5) is 22.9. The summed E-state index contributed by atoms with van der Waals surface area (Å²) in [5, 5.41) is 29.5. The van der Waals surface area contributed by atoms with Crippen LogP contribution in [0.15, 0.2) is 43.0 Å². The molecule has 5 aromatic rings. The number of carboxylic acid groups (broad SMARTS) is 1. The number of aromatic nitrogens is 5. The van der Waals surface area contributed by atoms with Gasteiger partial charge in [0, 0.05) is 53.1 Å². The van der Waals surface area contributed by atoms with Crippen LogP contribution in [0.4, 0.5) is 9.18 Å². The number of benzene rings is 2. The lowest BCUT2D eigenvalue weighted by Gasteiger charge is -2.39. The van der Waals surface area contributed by atoms with Gasteiger partial charge in [0.1, 0.15) is 18.2 Å². The molecule has 6 heterocycles. The van der Waals surface area contributed by atoms with E-state index in [2.05, 4.69) is 26.0 Å². The molecule has 0 unspecified atom stereocenters. The average molecular weight is 625 g/mol. The van der Waals surface area contributed by atoms with Gasteiger partial charge in [-0.2, -0.15) is 10.4 Å². The first-order valence-corrected chi connectivity index (χ1v) is 15.7. The van der Waals surface area contributed by atoms with E-state index >= 15 is 4.39 Å². The van der Waals surface area contributed by atoms with Gasteiger partial charge in [-0.3, -0.25) is 4.90 Å². The van der Waals surface area contributed by atoms with E-state index in [1.54, 1.807) is 6.07 Å². The van der Waals surface area contributed by atoms with Crippen molar-refractivity contribution in [1.82, 2.24) is 34.5 Å². The maximum absolute atomic E-state index is 17.2. The van der Waals surface area contributed by atoms with Crippen molar-refractivity contribution >= 4 is 39.5 Å². The highest BCUT2D eigenvalue weighted by Crippen LogP contribution is 2.50. The summed E-state index contributed by atoms with van der Waals surface area (Å²) in [6, 6.07) is 11.7. The maximum atomic E-state index is 17.2. The van der Waals surface area contributed by atoms with Crippen molar-refractivity contribution in [2.45, 2.75) is 57.2 Å². The third-order valence-corrected chi connectivity index (χ3v) is 10.4. The highest BCUT2D eigenvalue weighted by Gasteiger charge is 2.50. The summed E-state index contributed by atoms with van der Waals surface area (Å²) < 4.78 is 21.0. The van der Waals surface area contributed by atoms with E-state index < -0.39 is 11.9 Å². The zero-order chi connectivity index (χ0) is 31.0. The van der Waals surface area contributed by atoms with E-state index in [0.717, 1.165) is 41.5 Å².